The van der Waals surface area contributed by atoms with Crippen LogP contribution in [0, 0.1) is 33.1 Å². The van der Waals surface area contributed by atoms with E-state index in [0.717, 1.165) is 26.0 Å². The van der Waals surface area contributed by atoms with E-state index in [0.29, 0.717) is 11.5 Å². The average Bonchev–Trinajstić information content (AvgIpc) is 3.31. The topological polar surface area (TPSA) is 21.3 Å². The first-order valence-electron chi connectivity index (χ1n) is 14.6. The number of rotatable bonds is 13. The minimum atomic E-state index is -0.447. The van der Waals surface area contributed by atoms with Crippen LogP contribution in [0.15, 0.2) is 36.4 Å². The van der Waals surface area contributed by atoms with Gasteiger partial charge < -0.3 is 10.1 Å². The minimum absolute atomic E-state index is 0.294. The van der Waals surface area contributed by atoms with E-state index in [1.165, 1.54) is 84.7 Å². The molecule has 1 aliphatic rings. The zero-order valence-electron chi connectivity index (χ0n) is 24.4. The Hall–Kier alpha value is -1.64. The quantitative estimate of drug-likeness (QED) is 0.282. The number of hydrogen-bond donors (Lipinski definition) is 1. The van der Waals surface area contributed by atoms with Gasteiger partial charge in [0.05, 0.1) is 0 Å². The van der Waals surface area contributed by atoms with Crippen LogP contribution in [0.5, 0.6) is 0 Å². The molecule has 0 amide bonds. The normalized spacial score (nSPS) is 16.6. The molecule has 3 rings (SSSR count). The van der Waals surface area contributed by atoms with Gasteiger partial charge in [-0.25, -0.2) is 0 Å². The van der Waals surface area contributed by atoms with Gasteiger partial charge in [-0.3, -0.25) is 0 Å². The second-order valence-electron chi connectivity index (χ2n) is 12.8. The third kappa shape index (κ3) is 8.18. The first kappa shape index (κ1) is 28.9. The molecule has 0 spiro atoms. The van der Waals surface area contributed by atoms with Crippen molar-refractivity contribution in [1.82, 2.24) is 5.32 Å². The van der Waals surface area contributed by atoms with Gasteiger partial charge in [-0.05, 0) is 76.5 Å². The fourth-order valence-electron chi connectivity index (χ4n) is 6.12. The molecular weight excluding hydrogens is 438 g/mol. The molecule has 2 heteroatoms. The fourth-order valence-corrected chi connectivity index (χ4v) is 6.12. The van der Waals surface area contributed by atoms with E-state index in [1.807, 2.05) is 0 Å². The van der Waals surface area contributed by atoms with Gasteiger partial charge in [-0.2, -0.15) is 0 Å². The average molecular weight is 492 g/mol. The van der Waals surface area contributed by atoms with Gasteiger partial charge in [-0.1, -0.05) is 118 Å². The largest absolute Gasteiger partial charge is 0.364 e. The molecule has 2 aromatic rings. The summed E-state index contributed by atoms with van der Waals surface area (Å²) < 4.78 is 7.13. The Morgan fingerprint density at radius 3 is 1.61 bits per heavy atom. The van der Waals surface area contributed by atoms with Crippen LogP contribution in [0.4, 0.5) is 0 Å². The summed E-state index contributed by atoms with van der Waals surface area (Å²) in [5, 5.41) is 3.84. The molecule has 200 valence electrons. The molecule has 2 aromatic carbocycles. The van der Waals surface area contributed by atoms with Crippen molar-refractivity contribution in [3.63, 3.8) is 0 Å². The van der Waals surface area contributed by atoms with Crippen molar-refractivity contribution in [2.75, 3.05) is 13.2 Å². The minimum Gasteiger partial charge on any atom is -0.364 e. The van der Waals surface area contributed by atoms with E-state index in [1.54, 1.807) is 0 Å². The highest BCUT2D eigenvalue weighted by molar-refractivity contribution is 5.45. The molecule has 1 N–H and O–H groups in total. The first-order chi connectivity index (χ1) is 17.1. The Balaban J connectivity index is 1.72. The summed E-state index contributed by atoms with van der Waals surface area (Å²) in [7, 11) is 0. The number of hydrogen-bond acceptors (Lipinski definition) is 2. The first-order valence-corrected chi connectivity index (χ1v) is 14.6. The highest BCUT2D eigenvalue weighted by Gasteiger charge is 2.45. The van der Waals surface area contributed by atoms with E-state index in [4.69, 9.17) is 4.74 Å². The number of nitrogens with one attached hydrogen (secondary N) is 1. The maximum Gasteiger partial charge on any atom is 0.133 e. The predicted molar refractivity (Wildman–Crippen MR) is 156 cm³/mol. The monoisotopic (exact) mass is 491 g/mol. The summed E-state index contributed by atoms with van der Waals surface area (Å²) in [4.78, 5) is 0. The summed E-state index contributed by atoms with van der Waals surface area (Å²) in [5.41, 5.74) is 7.89. The second-order valence-corrected chi connectivity index (χ2v) is 12.8. The molecule has 1 aliphatic heterocycles. The molecule has 1 saturated heterocycles. The lowest BCUT2D eigenvalue weighted by molar-refractivity contribution is -0.0439. The third-order valence-corrected chi connectivity index (χ3v) is 7.75. The Bertz CT molecular complexity index is 856. The maximum absolute atomic E-state index is 7.13. The van der Waals surface area contributed by atoms with Crippen LogP contribution in [0.3, 0.4) is 0 Å². The molecule has 0 radical (unpaired) electrons. The lowest BCUT2D eigenvalue weighted by atomic mass is 9.77. The van der Waals surface area contributed by atoms with Crippen molar-refractivity contribution in [3.05, 3.63) is 69.8 Å². The number of aryl methyl sites for hydroxylation is 4. The fraction of sp³-hybridized carbons (Fsp3) is 0.647. The van der Waals surface area contributed by atoms with Crippen molar-refractivity contribution in [2.24, 2.45) is 5.41 Å². The van der Waals surface area contributed by atoms with E-state index in [-0.39, 0.29) is 0 Å². The van der Waals surface area contributed by atoms with E-state index in [9.17, 15) is 0 Å². The van der Waals surface area contributed by atoms with Gasteiger partial charge in [0, 0.05) is 12.6 Å². The van der Waals surface area contributed by atoms with Gasteiger partial charge >= 0.3 is 0 Å². The van der Waals surface area contributed by atoms with E-state index in [2.05, 4.69) is 90.2 Å². The zero-order valence-corrected chi connectivity index (χ0v) is 24.4. The van der Waals surface area contributed by atoms with Crippen molar-refractivity contribution in [3.8, 4) is 0 Å². The molecular formula is C34H53NO. The Morgan fingerprint density at radius 2 is 1.17 bits per heavy atom. The standard InChI is InChI=1S/C34H53NO/c1-26-20-27(2)23-30(22-26)34(32-16-15-18-35-32,31-24-28(3)21-29(4)25-31)36-19-14-12-10-8-9-11-13-17-33(5,6)7/h20-25,32,35H,8-19H2,1-7H3. The third-order valence-electron chi connectivity index (χ3n) is 7.75. The summed E-state index contributed by atoms with van der Waals surface area (Å²) in [6.07, 6.45) is 12.9. The van der Waals surface area contributed by atoms with Crippen LogP contribution in [0.2, 0.25) is 0 Å². The lowest BCUT2D eigenvalue weighted by Gasteiger charge is -2.41. The van der Waals surface area contributed by atoms with Gasteiger partial charge in [0.15, 0.2) is 0 Å². The SMILES string of the molecule is Cc1cc(C)cc(C(OCCCCCCCCCC(C)(C)C)(c2cc(C)cc(C)c2)C2CCCN2)c1. The molecule has 0 bridgehead atoms. The molecule has 1 fully saturated rings. The van der Waals surface area contributed by atoms with Gasteiger partial charge in [0.25, 0.3) is 0 Å². The van der Waals surface area contributed by atoms with Gasteiger partial charge in [0.1, 0.15) is 5.60 Å². The van der Waals surface area contributed by atoms with Crippen LogP contribution in [0.25, 0.3) is 0 Å². The van der Waals surface area contributed by atoms with Crippen LogP contribution < -0.4 is 5.32 Å². The van der Waals surface area contributed by atoms with Crippen LogP contribution in [-0.2, 0) is 10.3 Å². The molecule has 0 saturated carbocycles. The lowest BCUT2D eigenvalue weighted by Crippen LogP contribution is -2.48. The molecule has 1 atom stereocenters. The predicted octanol–water partition coefficient (Wildman–Crippen LogP) is 9.10. The molecule has 2 nitrogen and oxygen atoms in total. The highest BCUT2D eigenvalue weighted by Crippen LogP contribution is 2.42. The van der Waals surface area contributed by atoms with Crippen molar-refractivity contribution >= 4 is 0 Å². The van der Waals surface area contributed by atoms with E-state index >= 15 is 0 Å². The van der Waals surface area contributed by atoms with Crippen molar-refractivity contribution < 1.29 is 4.74 Å². The molecule has 0 aromatic heterocycles. The Labute approximate surface area is 222 Å². The Morgan fingerprint density at radius 1 is 0.694 bits per heavy atom. The summed E-state index contributed by atoms with van der Waals surface area (Å²) in [6, 6.07) is 14.3. The summed E-state index contributed by atoms with van der Waals surface area (Å²) in [5.74, 6) is 0. The number of benzene rings is 2. The van der Waals surface area contributed by atoms with Gasteiger partial charge in [0.2, 0.25) is 0 Å². The van der Waals surface area contributed by atoms with Crippen LogP contribution in [0.1, 0.15) is 118 Å². The van der Waals surface area contributed by atoms with Crippen molar-refractivity contribution in [2.45, 2.75) is 124 Å². The molecule has 0 aliphatic carbocycles. The van der Waals surface area contributed by atoms with E-state index < -0.39 is 5.60 Å². The Kier molecular flexibility index (Phi) is 10.6. The van der Waals surface area contributed by atoms with Gasteiger partial charge in [-0.15, -0.1) is 0 Å². The smallest absolute Gasteiger partial charge is 0.133 e. The summed E-state index contributed by atoms with van der Waals surface area (Å²) in [6.45, 7) is 17.8. The molecule has 36 heavy (non-hydrogen) atoms. The van der Waals surface area contributed by atoms with Crippen LogP contribution >= 0.6 is 0 Å². The summed E-state index contributed by atoms with van der Waals surface area (Å²) >= 11 is 0. The second kappa shape index (κ2) is 13.2. The van der Waals surface area contributed by atoms with Crippen LogP contribution in [-0.4, -0.2) is 19.2 Å². The molecule has 1 unspecified atom stereocenters. The van der Waals surface area contributed by atoms with Crippen molar-refractivity contribution in [1.29, 1.82) is 0 Å². The molecule has 1 heterocycles. The number of ether oxygens (including phenoxy) is 1. The zero-order chi connectivity index (χ0) is 26.2. The highest BCUT2D eigenvalue weighted by atomic mass is 16.5. The number of unbranched alkanes of at least 4 members (excludes halogenated alkanes) is 6. The maximum atomic E-state index is 7.13.